The lowest BCUT2D eigenvalue weighted by Crippen LogP contribution is -2.19. The van der Waals surface area contributed by atoms with Gasteiger partial charge < -0.3 is 15.2 Å². The summed E-state index contributed by atoms with van der Waals surface area (Å²) in [6.07, 6.45) is 0.102. The fraction of sp³-hybridized carbons (Fsp3) is 0.333. The van der Waals surface area contributed by atoms with Gasteiger partial charge in [0, 0.05) is 0 Å². The van der Waals surface area contributed by atoms with E-state index in [0.717, 1.165) is 0 Å². The smallest absolute Gasteiger partial charge is 0.180 e. The molecule has 0 fully saturated rings. The number of nitrogens with zero attached hydrogens (tertiary/aromatic N) is 4. The van der Waals surface area contributed by atoms with Crippen LogP contribution in [-0.2, 0) is 0 Å². The molecular formula is C9H9N5O2. The highest BCUT2D eigenvalue weighted by Gasteiger charge is 2.22. The number of aliphatic hydroxyl groups is 2. The van der Waals surface area contributed by atoms with E-state index >= 15 is 0 Å². The molecule has 2 aromatic heterocycles. The van der Waals surface area contributed by atoms with E-state index in [0.29, 0.717) is 11.2 Å². The van der Waals surface area contributed by atoms with Crippen molar-refractivity contribution in [2.45, 2.75) is 18.6 Å². The Bertz CT molecular complexity index is 532. The van der Waals surface area contributed by atoms with E-state index in [1.807, 2.05) is 0 Å². The number of rotatable bonds is 3. The molecule has 0 amide bonds. The van der Waals surface area contributed by atoms with Crippen LogP contribution in [0.2, 0.25) is 0 Å². The minimum absolute atomic E-state index is 0.166. The highest BCUT2D eigenvalue weighted by molar-refractivity contribution is 5.72. The van der Waals surface area contributed by atoms with E-state index in [1.165, 1.54) is 12.7 Å². The second kappa shape index (κ2) is 4.22. The first-order valence-corrected chi connectivity index (χ1v) is 4.61. The molecule has 0 radical (unpaired) electrons. The van der Waals surface area contributed by atoms with Crippen molar-refractivity contribution in [2.75, 3.05) is 0 Å². The summed E-state index contributed by atoms with van der Waals surface area (Å²) in [5.74, 6) is 0. The van der Waals surface area contributed by atoms with Gasteiger partial charge in [0.2, 0.25) is 0 Å². The van der Waals surface area contributed by atoms with Crippen LogP contribution in [0.5, 0.6) is 0 Å². The van der Waals surface area contributed by atoms with Crippen LogP contribution in [0, 0.1) is 11.3 Å². The molecular weight excluding hydrogens is 210 g/mol. The summed E-state index contributed by atoms with van der Waals surface area (Å²) in [7, 11) is 0. The number of hydrogen-bond donors (Lipinski definition) is 3. The van der Waals surface area contributed by atoms with Gasteiger partial charge in [0.15, 0.2) is 5.65 Å². The predicted octanol–water partition coefficient (Wildman–Crippen LogP) is -0.339. The lowest BCUT2D eigenvalue weighted by atomic mass is 10.1. The minimum atomic E-state index is -1.23. The quantitative estimate of drug-likeness (QED) is 0.649. The van der Waals surface area contributed by atoms with Crippen molar-refractivity contribution in [2.24, 2.45) is 0 Å². The number of aromatic nitrogens is 4. The van der Waals surface area contributed by atoms with E-state index < -0.39 is 12.2 Å². The maximum absolute atomic E-state index is 9.80. The van der Waals surface area contributed by atoms with Crippen molar-refractivity contribution in [3.05, 3.63) is 18.3 Å². The maximum atomic E-state index is 9.80. The number of fused-ring (bicyclic) bond motifs is 1. The molecule has 0 aliphatic rings. The number of imidazole rings is 1. The van der Waals surface area contributed by atoms with Gasteiger partial charge in [-0.1, -0.05) is 0 Å². The average molecular weight is 219 g/mol. The SMILES string of the molecule is N#CCC(O)C(O)c1ncnc2nc[nH]c12. The molecule has 3 N–H and O–H groups in total. The Balaban J connectivity index is 2.39. The number of H-pyrrole nitrogens is 1. The van der Waals surface area contributed by atoms with Crippen molar-refractivity contribution in [1.82, 2.24) is 19.9 Å². The van der Waals surface area contributed by atoms with Crippen LogP contribution in [0.15, 0.2) is 12.7 Å². The third-order valence-corrected chi connectivity index (χ3v) is 2.20. The molecule has 2 heterocycles. The summed E-state index contributed by atoms with van der Waals surface area (Å²) >= 11 is 0. The molecule has 2 atom stereocenters. The zero-order valence-electron chi connectivity index (χ0n) is 8.20. The fourth-order valence-electron chi connectivity index (χ4n) is 1.40. The summed E-state index contributed by atoms with van der Waals surface area (Å²) in [5, 5.41) is 27.7. The van der Waals surface area contributed by atoms with Gasteiger partial charge in [-0.05, 0) is 0 Å². The Labute approximate surface area is 90.4 Å². The van der Waals surface area contributed by atoms with Gasteiger partial charge in [-0.15, -0.1) is 0 Å². The van der Waals surface area contributed by atoms with Crippen LogP contribution in [0.1, 0.15) is 18.2 Å². The van der Waals surface area contributed by atoms with Crippen molar-refractivity contribution >= 4 is 11.2 Å². The van der Waals surface area contributed by atoms with E-state index in [1.54, 1.807) is 6.07 Å². The molecule has 0 bridgehead atoms. The molecule has 0 saturated heterocycles. The summed E-state index contributed by atoms with van der Waals surface area (Å²) in [6, 6.07) is 1.78. The monoisotopic (exact) mass is 219 g/mol. The summed E-state index contributed by atoms with van der Waals surface area (Å²) in [6.45, 7) is 0. The standard InChI is InChI=1S/C9H9N5O2/c10-2-1-5(15)8(16)6-7-9(13-3-11-6)14-4-12-7/h3-5,8,15-16H,1H2,(H,11,12,13,14). The number of aromatic amines is 1. The van der Waals surface area contributed by atoms with Gasteiger partial charge in [0.05, 0.1) is 24.9 Å². The molecule has 0 saturated carbocycles. The van der Waals surface area contributed by atoms with Gasteiger partial charge in [0.1, 0.15) is 23.6 Å². The fourth-order valence-corrected chi connectivity index (χ4v) is 1.40. The first kappa shape index (κ1) is 10.5. The van der Waals surface area contributed by atoms with E-state index in [4.69, 9.17) is 5.26 Å². The second-order valence-corrected chi connectivity index (χ2v) is 3.23. The van der Waals surface area contributed by atoms with E-state index in [2.05, 4.69) is 19.9 Å². The average Bonchev–Trinajstić information content (AvgIpc) is 2.76. The van der Waals surface area contributed by atoms with Gasteiger partial charge >= 0.3 is 0 Å². The molecule has 82 valence electrons. The van der Waals surface area contributed by atoms with Crippen LogP contribution in [-0.4, -0.2) is 36.3 Å². The lowest BCUT2D eigenvalue weighted by Gasteiger charge is -2.14. The normalized spacial score (nSPS) is 14.6. The van der Waals surface area contributed by atoms with Crippen LogP contribution in [0.25, 0.3) is 11.2 Å². The summed E-state index contributed by atoms with van der Waals surface area (Å²) in [5.41, 5.74) is 1.12. The molecule has 0 aliphatic carbocycles. The Morgan fingerprint density at radius 1 is 1.38 bits per heavy atom. The lowest BCUT2D eigenvalue weighted by molar-refractivity contribution is 0.0198. The molecule has 16 heavy (non-hydrogen) atoms. The van der Waals surface area contributed by atoms with Crippen LogP contribution >= 0.6 is 0 Å². The Morgan fingerprint density at radius 2 is 2.19 bits per heavy atom. The molecule has 2 rings (SSSR count). The maximum Gasteiger partial charge on any atom is 0.180 e. The molecule has 0 spiro atoms. The zero-order valence-corrected chi connectivity index (χ0v) is 8.20. The molecule has 2 aromatic rings. The number of nitrogens with one attached hydrogen (secondary N) is 1. The van der Waals surface area contributed by atoms with E-state index in [-0.39, 0.29) is 12.1 Å². The third-order valence-electron chi connectivity index (χ3n) is 2.20. The van der Waals surface area contributed by atoms with Crippen molar-refractivity contribution < 1.29 is 10.2 Å². The van der Waals surface area contributed by atoms with Crippen LogP contribution in [0.3, 0.4) is 0 Å². The summed E-state index contributed by atoms with van der Waals surface area (Å²) in [4.78, 5) is 14.4. The minimum Gasteiger partial charge on any atom is -0.389 e. The molecule has 2 unspecified atom stereocenters. The largest absolute Gasteiger partial charge is 0.389 e. The van der Waals surface area contributed by atoms with Gasteiger partial charge in [-0.25, -0.2) is 15.0 Å². The molecule has 0 aliphatic heterocycles. The van der Waals surface area contributed by atoms with Gasteiger partial charge in [0.25, 0.3) is 0 Å². The Morgan fingerprint density at radius 3 is 2.94 bits per heavy atom. The van der Waals surface area contributed by atoms with Gasteiger partial charge in [-0.3, -0.25) is 0 Å². The molecule has 7 heteroatoms. The highest BCUT2D eigenvalue weighted by Crippen LogP contribution is 2.21. The highest BCUT2D eigenvalue weighted by atomic mass is 16.3. The number of aliphatic hydroxyl groups excluding tert-OH is 2. The number of hydrogen-bond acceptors (Lipinski definition) is 6. The van der Waals surface area contributed by atoms with Crippen molar-refractivity contribution in [3.8, 4) is 6.07 Å². The van der Waals surface area contributed by atoms with Crippen LogP contribution in [0.4, 0.5) is 0 Å². The summed E-state index contributed by atoms with van der Waals surface area (Å²) < 4.78 is 0. The number of nitriles is 1. The first-order chi connectivity index (χ1) is 7.74. The second-order valence-electron chi connectivity index (χ2n) is 3.23. The Hall–Kier alpha value is -2.04. The predicted molar refractivity (Wildman–Crippen MR) is 52.9 cm³/mol. The third kappa shape index (κ3) is 1.71. The Kier molecular flexibility index (Phi) is 2.76. The molecule has 0 aromatic carbocycles. The van der Waals surface area contributed by atoms with Crippen LogP contribution < -0.4 is 0 Å². The molecule has 7 nitrogen and oxygen atoms in total. The first-order valence-electron chi connectivity index (χ1n) is 4.61. The van der Waals surface area contributed by atoms with Crippen molar-refractivity contribution in [3.63, 3.8) is 0 Å². The van der Waals surface area contributed by atoms with Gasteiger partial charge in [-0.2, -0.15) is 5.26 Å². The zero-order chi connectivity index (χ0) is 11.5. The topological polar surface area (TPSA) is 119 Å². The van der Waals surface area contributed by atoms with Crippen molar-refractivity contribution in [1.29, 1.82) is 5.26 Å². The van der Waals surface area contributed by atoms with E-state index in [9.17, 15) is 10.2 Å².